The Morgan fingerprint density at radius 2 is 2.06 bits per heavy atom. The highest BCUT2D eigenvalue weighted by atomic mass is 16.5. The van der Waals surface area contributed by atoms with Crippen molar-refractivity contribution in [3.8, 4) is 0 Å². The highest BCUT2D eigenvalue weighted by Gasteiger charge is 2.15. The standard InChI is InChI=1S/C13H9NO3/c1-16-13(15)12-14-11-9-5-3-2-4-8(9)6-7-10(11)17-12/h2-7H,1H3. The van der Waals surface area contributed by atoms with Gasteiger partial charge in [0.15, 0.2) is 5.58 Å². The number of hydrogen-bond donors (Lipinski definition) is 0. The van der Waals surface area contributed by atoms with Gasteiger partial charge in [-0.15, -0.1) is 0 Å². The van der Waals surface area contributed by atoms with Crippen molar-refractivity contribution < 1.29 is 13.9 Å². The quantitative estimate of drug-likeness (QED) is 0.600. The van der Waals surface area contributed by atoms with Crippen molar-refractivity contribution in [3.63, 3.8) is 0 Å². The summed E-state index contributed by atoms with van der Waals surface area (Å²) in [5.41, 5.74) is 1.27. The number of fused-ring (bicyclic) bond motifs is 3. The smallest absolute Gasteiger partial charge is 0.394 e. The molecule has 0 saturated carbocycles. The van der Waals surface area contributed by atoms with Crippen molar-refractivity contribution >= 4 is 27.8 Å². The van der Waals surface area contributed by atoms with Crippen LogP contribution in [0.4, 0.5) is 0 Å². The summed E-state index contributed by atoms with van der Waals surface area (Å²) in [5, 5.41) is 2.02. The normalized spacial score (nSPS) is 10.9. The zero-order chi connectivity index (χ0) is 11.8. The van der Waals surface area contributed by atoms with Crippen LogP contribution >= 0.6 is 0 Å². The molecular weight excluding hydrogens is 218 g/mol. The van der Waals surface area contributed by atoms with E-state index in [4.69, 9.17) is 4.42 Å². The molecule has 0 atom stereocenters. The molecule has 4 heteroatoms. The maximum absolute atomic E-state index is 11.3. The highest BCUT2D eigenvalue weighted by Crippen LogP contribution is 2.25. The van der Waals surface area contributed by atoms with Gasteiger partial charge in [0, 0.05) is 5.39 Å². The van der Waals surface area contributed by atoms with Gasteiger partial charge in [-0.05, 0) is 11.5 Å². The summed E-state index contributed by atoms with van der Waals surface area (Å²) in [5.74, 6) is -0.580. The Balaban J connectivity index is 2.35. The van der Waals surface area contributed by atoms with Crippen molar-refractivity contribution in [3.05, 3.63) is 42.3 Å². The number of rotatable bonds is 1. The van der Waals surface area contributed by atoms with E-state index in [1.165, 1.54) is 7.11 Å². The monoisotopic (exact) mass is 227 g/mol. The minimum atomic E-state index is -0.565. The first kappa shape index (κ1) is 9.84. The van der Waals surface area contributed by atoms with E-state index in [0.29, 0.717) is 11.1 Å². The molecule has 0 amide bonds. The fourth-order valence-corrected chi connectivity index (χ4v) is 1.84. The molecule has 0 N–H and O–H groups in total. The summed E-state index contributed by atoms with van der Waals surface area (Å²) in [6.45, 7) is 0. The number of hydrogen-bond acceptors (Lipinski definition) is 4. The van der Waals surface area contributed by atoms with Gasteiger partial charge in [0.05, 0.1) is 7.11 Å². The van der Waals surface area contributed by atoms with Crippen LogP contribution in [0, 0.1) is 0 Å². The fraction of sp³-hybridized carbons (Fsp3) is 0.0769. The molecule has 2 aromatic carbocycles. The number of ether oxygens (including phenoxy) is 1. The summed E-state index contributed by atoms with van der Waals surface area (Å²) in [6, 6.07) is 11.5. The van der Waals surface area contributed by atoms with Gasteiger partial charge in [0.2, 0.25) is 0 Å². The van der Waals surface area contributed by atoms with Crippen molar-refractivity contribution in [1.29, 1.82) is 0 Å². The van der Waals surface area contributed by atoms with E-state index in [-0.39, 0.29) is 5.89 Å². The highest BCUT2D eigenvalue weighted by molar-refractivity contribution is 6.04. The number of benzene rings is 2. The molecule has 0 aliphatic carbocycles. The van der Waals surface area contributed by atoms with E-state index in [0.717, 1.165) is 10.8 Å². The Kier molecular flexibility index (Phi) is 2.08. The number of nitrogens with zero attached hydrogens (tertiary/aromatic N) is 1. The number of oxazole rings is 1. The maximum atomic E-state index is 11.3. The first-order valence-electron chi connectivity index (χ1n) is 5.16. The molecule has 3 rings (SSSR count). The summed E-state index contributed by atoms with van der Waals surface area (Å²) >= 11 is 0. The molecule has 4 nitrogen and oxygen atoms in total. The second-order valence-electron chi connectivity index (χ2n) is 3.64. The Morgan fingerprint density at radius 3 is 2.88 bits per heavy atom. The number of aromatic nitrogens is 1. The molecular formula is C13H9NO3. The van der Waals surface area contributed by atoms with Gasteiger partial charge in [-0.3, -0.25) is 0 Å². The van der Waals surface area contributed by atoms with Gasteiger partial charge in [0.1, 0.15) is 5.52 Å². The van der Waals surface area contributed by atoms with Crippen LogP contribution in [-0.2, 0) is 4.74 Å². The van der Waals surface area contributed by atoms with Gasteiger partial charge in [0.25, 0.3) is 0 Å². The zero-order valence-corrected chi connectivity index (χ0v) is 9.14. The molecule has 17 heavy (non-hydrogen) atoms. The molecule has 84 valence electrons. The molecule has 0 aliphatic rings. The lowest BCUT2D eigenvalue weighted by molar-refractivity contribution is 0.0559. The van der Waals surface area contributed by atoms with E-state index in [9.17, 15) is 4.79 Å². The average Bonchev–Trinajstić information content (AvgIpc) is 2.82. The lowest BCUT2D eigenvalue weighted by Crippen LogP contribution is -2.00. The molecule has 0 unspecified atom stereocenters. The van der Waals surface area contributed by atoms with E-state index in [1.54, 1.807) is 6.07 Å². The van der Waals surface area contributed by atoms with E-state index in [2.05, 4.69) is 9.72 Å². The summed E-state index contributed by atoms with van der Waals surface area (Å²) in [6.07, 6.45) is 0. The van der Waals surface area contributed by atoms with Crippen molar-refractivity contribution in [2.24, 2.45) is 0 Å². The molecule has 1 heterocycles. The molecule has 0 saturated heterocycles. The van der Waals surface area contributed by atoms with Crippen LogP contribution in [0.3, 0.4) is 0 Å². The molecule has 1 aromatic heterocycles. The van der Waals surface area contributed by atoms with Crippen LogP contribution in [-0.4, -0.2) is 18.1 Å². The van der Waals surface area contributed by atoms with Crippen LogP contribution in [0.5, 0.6) is 0 Å². The van der Waals surface area contributed by atoms with E-state index < -0.39 is 5.97 Å². The first-order chi connectivity index (χ1) is 8.29. The number of carbonyl (C=O) groups is 1. The lowest BCUT2D eigenvalue weighted by atomic mass is 10.1. The van der Waals surface area contributed by atoms with Gasteiger partial charge in [-0.25, -0.2) is 9.78 Å². The molecule has 3 aromatic rings. The van der Waals surface area contributed by atoms with Crippen LogP contribution in [0.1, 0.15) is 10.7 Å². The van der Waals surface area contributed by atoms with Gasteiger partial charge >= 0.3 is 11.9 Å². The number of methoxy groups -OCH3 is 1. The minimum absolute atomic E-state index is 0.0150. The maximum Gasteiger partial charge on any atom is 0.394 e. The largest absolute Gasteiger partial charge is 0.462 e. The van der Waals surface area contributed by atoms with Crippen molar-refractivity contribution in [1.82, 2.24) is 4.98 Å². The van der Waals surface area contributed by atoms with Gasteiger partial charge in [-0.1, -0.05) is 30.3 Å². The van der Waals surface area contributed by atoms with Crippen LogP contribution in [0.2, 0.25) is 0 Å². The van der Waals surface area contributed by atoms with E-state index >= 15 is 0 Å². The summed E-state index contributed by atoms with van der Waals surface area (Å²) in [7, 11) is 1.30. The van der Waals surface area contributed by atoms with Crippen molar-refractivity contribution in [2.75, 3.05) is 7.11 Å². The third-order valence-corrected chi connectivity index (χ3v) is 2.64. The topological polar surface area (TPSA) is 52.3 Å². The average molecular weight is 227 g/mol. The van der Waals surface area contributed by atoms with Crippen LogP contribution in [0.15, 0.2) is 40.8 Å². The predicted molar refractivity (Wildman–Crippen MR) is 62.9 cm³/mol. The molecule has 0 bridgehead atoms. The Bertz CT molecular complexity index is 715. The number of esters is 1. The van der Waals surface area contributed by atoms with Crippen LogP contribution in [0.25, 0.3) is 21.9 Å². The Labute approximate surface area is 96.8 Å². The first-order valence-corrected chi connectivity index (χ1v) is 5.16. The van der Waals surface area contributed by atoms with Gasteiger partial charge < -0.3 is 9.15 Å². The molecule has 0 spiro atoms. The lowest BCUT2D eigenvalue weighted by Gasteiger charge is -1.95. The summed E-state index contributed by atoms with van der Waals surface area (Å²) < 4.78 is 9.93. The SMILES string of the molecule is COC(=O)c1nc2c(ccc3ccccc32)o1. The predicted octanol–water partition coefficient (Wildman–Crippen LogP) is 2.77. The summed E-state index contributed by atoms with van der Waals surface area (Å²) in [4.78, 5) is 15.5. The second-order valence-corrected chi connectivity index (χ2v) is 3.64. The third-order valence-electron chi connectivity index (χ3n) is 2.64. The molecule has 0 fully saturated rings. The Morgan fingerprint density at radius 1 is 1.24 bits per heavy atom. The fourth-order valence-electron chi connectivity index (χ4n) is 1.84. The van der Waals surface area contributed by atoms with Crippen molar-refractivity contribution in [2.45, 2.75) is 0 Å². The molecule has 0 aliphatic heterocycles. The van der Waals surface area contributed by atoms with Crippen LogP contribution < -0.4 is 0 Å². The van der Waals surface area contributed by atoms with Gasteiger partial charge in [-0.2, -0.15) is 0 Å². The van der Waals surface area contributed by atoms with E-state index in [1.807, 2.05) is 30.3 Å². The molecule has 0 radical (unpaired) electrons. The Hall–Kier alpha value is -2.36. The minimum Gasteiger partial charge on any atom is -0.462 e. The zero-order valence-electron chi connectivity index (χ0n) is 9.14. The number of carbonyl (C=O) groups excluding carboxylic acids is 1. The second kappa shape index (κ2) is 3.59. The third kappa shape index (κ3) is 1.45.